The lowest BCUT2D eigenvalue weighted by Gasteiger charge is -2.26. The number of ether oxygens (including phenoxy) is 1. The van der Waals surface area contributed by atoms with E-state index in [1.165, 1.54) is 25.1 Å². The predicted molar refractivity (Wildman–Crippen MR) is 113 cm³/mol. The molecule has 0 fully saturated rings. The second-order valence-electron chi connectivity index (χ2n) is 7.14. The van der Waals surface area contributed by atoms with Gasteiger partial charge in [-0.3, -0.25) is 9.59 Å². The first kappa shape index (κ1) is 24.8. The molecule has 0 saturated heterocycles. The van der Waals surface area contributed by atoms with Crippen molar-refractivity contribution in [1.29, 1.82) is 0 Å². The summed E-state index contributed by atoms with van der Waals surface area (Å²) in [5, 5.41) is 9.26. The van der Waals surface area contributed by atoms with Gasteiger partial charge in [0.1, 0.15) is 11.9 Å². The Bertz CT molecular complexity index is 1120. The fraction of sp³-hybridized carbons (Fsp3) is 0.333. The van der Waals surface area contributed by atoms with Crippen LogP contribution in [0, 0.1) is 19.7 Å². The number of nitrogens with one attached hydrogen (secondary N) is 1. The maximum absolute atomic E-state index is 14.6. The van der Waals surface area contributed by atoms with Gasteiger partial charge < -0.3 is 9.84 Å². The molecule has 2 unspecified atom stereocenters. The first-order valence-electron chi connectivity index (χ1n) is 9.25. The molecule has 2 N–H and O–H groups in total. The summed E-state index contributed by atoms with van der Waals surface area (Å²) >= 11 is 5.89. The number of aryl methyl sites for hydroxylation is 1. The van der Waals surface area contributed by atoms with E-state index in [1.807, 2.05) is 0 Å². The van der Waals surface area contributed by atoms with Gasteiger partial charge in [-0.25, -0.2) is 12.8 Å². The van der Waals surface area contributed by atoms with E-state index in [0.29, 0.717) is 5.56 Å². The highest BCUT2D eigenvalue weighted by Gasteiger charge is 2.35. The highest BCUT2D eigenvalue weighted by Crippen LogP contribution is 2.30. The van der Waals surface area contributed by atoms with Gasteiger partial charge in [0.2, 0.25) is 10.0 Å². The molecular formula is C21H23ClFNO6S. The average Bonchev–Trinajstić information content (AvgIpc) is 2.68. The second-order valence-corrected chi connectivity index (χ2v) is 9.26. The summed E-state index contributed by atoms with van der Waals surface area (Å²) in [5.41, 5.74) is 1.48. The number of carboxylic acid groups (broad SMARTS) is 1. The van der Waals surface area contributed by atoms with Crippen LogP contribution in [-0.2, 0) is 30.8 Å². The maximum Gasteiger partial charge on any atom is 0.324 e. The molecule has 2 rings (SSSR count). The number of esters is 1. The Balaban J connectivity index is 2.54. The Labute approximate surface area is 185 Å². The number of halogens is 2. The molecule has 0 bridgehead atoms. The van der Waals surface area contributed by atoms with Gasteiger partial charge in [-0.1, -0.05) is 24.6 Å². The summed E-state index contributed by atoms with van der Waals surface area (Å²) in [6, 6.07) is 5.05. The van der Waals surface area contributed by atoms with Crippen LogP contribution in [-0.4, -0.2) is 38.6 Å². The van der Waals surface area contributed by atoms with E-state index < -0.39 is 46.2 Å². The first-order valence-corrected chi connectivity index (χ1v) is 11.1. The monoisotopic (exact) mass is 471 g/mol. The summed E-state index contributed by atoms with van der Waals surface area (Å²) < 4.78 is 47.8. The van der Waals surface area contributed by atoms with Gasteiger partial charge in [0.05, 0.1) is 18.4 Å². The molecule has 7 nitrogen and oxygen atoms in total. The molecule has 2 aromatic rings. The van der Waals surface area contributed by atoms with E-state index in [9.17, 15) is 22.4 Å². The minimum Gasteiger partial charge on any atom is -0.481 e. The summed E-state index contributed by atoms with van der Waals surface area (Å²) in [6.07, 6.45) is -0.596. The SMILES string of the molecule is COC(=O)C(NS(=O)(=O)c1ccc(Cl)cc1CC(=O)O)C(C)c1c(F)ccc(C)c1C. The van der Waals surface area contributed by atoms with Crippen molar-refractivity contribution >= 4 is 33.6 Å². The number of carboxylic acids is 1. The molecule has 0 heterocycles. The first-order chi connectivity index (χ1) is 14.4. The van der Waals surface area contributed by atoms with Gasteiger partial charge in [-0.15, -0.1) is 0 Å². The molecule has 0 amide bonds. The molecule has 0 spiro atoms. The van der Waals surface area contributed by atoms with Crippen molar-refractivity contribution in [3.05, 3.63) is 63.4 Å². The lowest BCUT2D eigenvalue weighted by atomic mass is 9.88. The van der Waals surface area contributed by atoms with Gasteiger partial charge >= 0.3 is 11.9 Å². The van der Waals surface area contributed by atoms with Crippen molar-refractivity contribution < 1.29 is 32.2 Å². The van der Waals surface area contributed by atoms with Crippen LogP contribution in [0.2, 0.25) is 5.02 Å². The molecule has 2 atom stereocenters. The zero-order valence-electron chi connectivity index (χ0n) is 17.4. The third kappa shape index (κ3) is 5.61. The van der Waals surface area contributed by atoms with Gasteiger partial charge in [0.25, 0.3) is 0 Å². The number of hydrogen-bond acceptors (Lipinski definition) is 5. The Morgan fingerprint density at radius 3 is 2.45 bits per heavy atom. The van der Waals surface area contributed by atoms with Crippen LogP contribution in [0.5, 0.6) is 0 Å². The number of benzene rings is 2. The van der Waals surface area contributed by atoms with E-state index in [1.54, 1.807) is 19.9 Å². The van der Waals surface area contributed by atoms with Crippen LogP contribution < -0.4 is 4.72 Å². The van der Waals surface area contributed by atoms with Crippen molar-refractivity contribution in [2.45, 2.75) is 44.0 Å². The fourth-order valence-electron chi connectivity index (χ4n) is 3.35. The Hall–Kier alpha value is -2.49. The summed E-state index contributed by atoms with van der Waals surface area (Å²) in [4.78, 5) is 23.3. The molecule has 0 aliphatic heterocycles. The van der Waals surface area contributed by atoms with Crippen molar-refractivity contribution in [3.8, 4) is 0 Å². The quantitative estimate of drug-likeness (QED) is 0.571. The van der Waals surface area contributed by atoms with Crippen LogP contribution in [0.4, 0.5) is 4.39 Å². The zero-order valence-corrected chi connectivity index (χ0v) is 19.0. The highest BCUT2D eigenvalue weighted by molar-refractivity contribution is 7.89. The minimum atomic E-state index is -4.39. The number of carbonyl (C=O) groups excluding carboxylic acids is 1. The van der Waals surface area contributed by atoms with Crippen molar-refractivity contribution in [2.75, 3.05) is 7.11 Å². The number of rotatable bonds is 8. The summed E-state index contributed by atoms with van der Waals surface area (Å²) in [6.45, 7) is 4.96. The lowest BCUT2D eigenvalue weighted by Crippen LogP contribution is -2.45. The number of methoxy groups -OCH3 is 1. The molecule has 0 aromatic heterocycles. The molecular weight excluding hydrogens is 449 g/mol. The molecule has 2 aromatic carbocycles. The summed E-state index contributed by atoms with van der Waals surface area (Å²) in [7, 11) is -3.30. The number of carbonyl (C=O) groups is 2. The predicted octanol–water partition coefficient (Wildman–Crippen LogP) is 3.35. The minimum absolute atomic E-state index is 0.0540. The Morgan fingerprint density at radius 1 is 1.23 bits per heavy atom. The smallest absolute Gasteiger partial charge is 0.324 e. The topological polar surface area (TPSA) is 110 Å². The number of hydrogen-bond donors (Lipinski definition) is 2. The van der Waals surface area contributed by atoms with Crippen LogP contribution in [0.15, 0.2) is 35.2 Å². The Kier molecular flexibility index (Phi) is 7.80. The molecule has 168 valence electrons. The van der Waals surface area contributed by atoms with Gasteiger partial charge in [0, 0.05) is 10.9 Å². The van der Waals surface area contributed by atoms with E-state index in [0.717, 1.165) is 18.7 Å². The highest BCUT2D eigenvalue weighted by atomic mass is 35.5. The molecule has 31 heavy (non-hydrogen) atoms. The number of aliphatic carboxylic acids is 1. The molecule has 0 aliphatic rings. The fourth-order valence-corrected chi connectivity index (χ4v) is 5.03. The standard InChI is InChI=1S/C21H23ClFNO6S/c1-11-5-7-16(23)19(12(11)2)13(3)20(21(27)30-4)24-31(28,29)17-8-6-15(22)9-14(17)10-18(25)26/h5-9,13,20,24H,10H2,1-4H3,(H,25,26). The largest absolute Gasteiger partial charge is 0.481 e. The molecule has 10 heteroatoms. The van der Waals surface area contributed by atoms with E-state index in [-0.39, 0.29) is 21.0 Å². The van der Waals surface area contributed by atoms with Gasteiger partial charge in [-0.2, -0.15) is 4.72 Å². The molecule has 0 saturated carbocycles. The Morgan fingerprint density at radius 2 is 1.87 bits per heavy atom. The molecule has 0 radical (unpaired) electrons. The van der Waals surface area contributed by atoms with E-state index in [2.05, 4.69) is 4.72 Å². The van der Waals surface area contributed by atoms with Crippen LogP contribution >= 0.6 is 11.6 Å². The van der Waals surface area contributed by atoms with E-state index in [4.69, 9.17) is 21.4 Å². The number of sulfonamides is 1. The van der Waals surface area contributed by atoms with Crippen LogP contribution in [0.1, 0.15) is 35.1 Å². The van der Waals surface area contributed by atoms with Crippen molar-refractivity contribution in [1.82, 2.24) is 4.72 Å². The summed E-state index contributed by atoms with van der Waals surface area (Å²) in [5.74, 6) is -3.67. The van der Waals surface area contributed by atoms with Crippen molar-refractivity contribution in [3.63, 3.8) is 0 Å². The lowest BCUT2D eigenvalue weighted by molar-refractivity contribution is -0.143. The van der Waals surface area contributed by atoms with Crippen LogP contribution in [0.3, 0.4) is 0 Å². The second kappa shape index (κ2) is 9.76. The average molecular weight is 472 g/mol. The molecule has 0 aliphatic carbocycles. The van der Waals surface area contributed by atoms with Gasteiger partial charge in [0.15, 0.2) is 0 Å². The zero-order chi connectivity index (χ0) is 23.5. The third-order valence-electron chi connectivity index (χ3n) is 5.08. The maximum atomic E-state index is 14.6. The normalized spacial score (nSPS) is 13.5. The third-order valence-corrected chi connectivity index (χ3v) is 6.86. The van der Waals surface area contributed by atoms with E-state index >= 15 is 0 Å². The van der Waals surface area contributed by atoms with Gasteiger partial charge in [-0.05, 0) is 60.4 Å². The van der Waals surface area contributed by atoms with Crippen LogP contribution in [0.25, 0.3) is 0 Å². The van der Waals surface area contributed by atoms with Crippen molar-refractivity contribution in [2.24, 2.45) is 0 Å².